The van der Waals surface area contributed by atoms with E-state index in [4.69, 9.17) is 11.6 Å². The maximum Gasteiger partial charge on any atom is 0.238 e. The molecule has 1 N–H and O–H groups in total. The Kier molecular flexibility index (Phi) is 4.81. The van der Waals surface area contributed by atoms with E-state index in [0.717, 1.165) is 18.2 Å². The second kappa shape index (κ2) is 6.80. The van der Waals surface area contributed by atoms with Gasteiger partial charge in [-0.25, -0.2) is 0 Å². The number of fused-ring (bicyclic) bond motifs is 1. The second-order valence-electron chi connectivity index (χ2n) is 6.28. The molecule has 3 nitrogen and oxygen atoms in total. The van der Waals surface area contributed by atoms with Gasteiger partial charge in [0.1, 0.15) is 0 Å². The Bertz CT molecular complexity index is 486. The van der Waals surface area contributed by atoms with Crippen molar-refractivity contribution in [3.05, 3.63) is 29.3 Å². The Balaban J connectivity index is 1.57. The number of halogens is 1. The fourth-order valence-corrected chi connectivity index (χ4v) is 3.97. The molecule has 1 saturated heterocycles. The van der Waals surface area contributed by atoms with Crippen LogP contribution in [0.15, 0.2) is 24.3 Å². The molecule has 2 atom stereocenters. The van der Waals surface area contributed by atoms with Crippen LogP contribution in [0.25, 0.3) is 0 Å². The fraction of sp³-hybridized carbons (Fsp3) is 0.588. The van der Waals surface area contributed by atoms with Crippen LogP contribution in [0.4, 0.5) is 5.69 Å². The van der Waals surface area contributed by atoms with E-state index in [1.54, 1.807) is 12.1 Å². The van der Waals surface area contributed by atoms with E-state index < -0.39 is 0 Å². The number of rotatable bonds is 3. The van der Waals surface area contributed by atoms with Gasteiger partial charge in [0, 0.05) is 16.8 Å². The molecule has 2 aliphatic rings. The summed E-state index contributed by atoms with van der Waals surface area (Å²) in [6.45, 7) is 1.58. The lowest BCUT2D eigenvalue weighted by Crippen LogP contribution is -2.49. The molecule has 0 radical (unpaired) electrons. The van der Waals surface area contributed by atoms with Crippen molar-refractivity contribution in [1.82, 2.24) is 4.90 Å². The lowest BCUT2D eigenvalue weighted by Gasteiger charge is -2.43. The van der Waals surface area contributed by atoms with Crippen molar-refractivity contribution in [2.45, 2.75) is 44.6 Å². The van der Waals surface area contributed by atoms with Gasteiger partial charge in [-0.1, -0.05) is 24.4 Å². The van der Waals surface area contributed by atoms with Gasteiger partial charge in [0.15, 0.2) is 0 Å². The predicted octanol–water partition coefficient (Wildman–Crippen LogP) is 3.93. The van der Waals surface area contributed by atoms with Crippen molar-refractivity contribution in [2.75, 3.05) is 18.4 Å². The van der Waals surface area contributed by atoms with Gasteiger partial charge in [0.2, 0.25) is 5.91 Å². The van der Waals surface area contributed by atoms with Crippen molar-refractivity contribution in [2.24, 2.45) is 5.92 Å². The number of carbonyl (C=O) groups excluding carboxylic acids is 1. The molecule has 1 amide bonds. The highest BCUT2D eigenvalue weighted by Crippen LogP contribution is 2.35. The molecule has 0 aromatic heterocycles. The zero-order valence-corrected chi connectivity index (χ0v) is 13.1. The molecular formula is C17H23ClN2O. The summed E-state index contributed by atoms with van der Waals surface area (Å²) in [6.07, 6.45) is 7.87. The Morgan fingerprint density at radius 2 is 1.86 bits per heavy atom. The standard InChI is InChI=1S/C17H23ClN2O/c18-14-7-9-15(10-8-14)19-17(21)12-20-11-3-5-13-4-1-2-6-16(13)20/h7-10,13,16H,1-6,11-12H2,(H,19,21)/t13-,16-/m0/s1. The lowest BCUT2D eigenvalue weighted by molar-refractivity contribution is -0.118. The van der Waals surface area contributed by atoms with Crippen LogP contribution < -0.4 is 5.32 Å². The second-order valence-corrected chi connectivity index (χ2v) is 6.72. The summed E-state index contributed by atoms with van der Waals surface area (Å²) in [5, 5.41) is 3.66. The third kappa shape index (κ3) is 3.78. The molecule has 1 aromatic rings. The summed E-state index contributed by atoms with van der Waals surface area (Å²) >= 11 is 5.86. The van der Waals surface area contributed by atoms with Crippen LogP contribution in [0.5, 0.6) is 0 Å². The predicted molar refractivity (Wildman–Crippen MR) is 86.6 cm³/mol. The normalized spacial score (nSPS) is 26.1. The number of piperidine rings is 1. The Morgan fingerprint density at radius 1 is 1.14 bits per heavy atom. The number of amides is 1. The summed E-state index contributed by atoms with van der Waals surface area (Å²) in [5.41, 5.74) is 0.821. The monoisotopic (exact) mass is 306 g/mol. The zero-order valence-electron chi connectivity index (χ0n) is 12.4. The summed E-state index contributed by atoms with van der Waals surface area (Å²) < 4.78 is 0. The van der Waals surface area contributed by atoms with Crippen LogP contribution in [0, 0.1) is 5.92 Å². The van der Waals surface area contributed by atoms with E-state index in [2.05, 4.69) is 10.2 Å². The summed E-state index contributed by atoms with van der Waals surface area (Å²) in [6, 6.07) is 7.92. The third-order valence-corrected chi connectivity index (χ3v) is 5.08. The molecular weight excluding hydrogens is 284 g/mol. The third-order valence-electron chi connectivity index (χ3n) is 4.83. The highest BCUT2D eigenvalue weighted by atomic mass is 35.5. The number of carbonyl (C=O) groups is 1. The number of hydrogen-bond donors (Lipinski definition) is 1. The maximum atomic E-state index is 12.3. The van der Waals surface area contributed by atoms with E-state index in [1.165, 1.54) is 38.5 Å². The SMILES string of the molecule is O=C(CN1CCC[C@@H]2CCCC[C@@H]21)Nc1ccc(Cl)cc1. The van der Waals surface area contributed by atoms with Crippen LogP contribution in [-0.2, 0) is 4.79 Å². The number of anilines is 1. The fourth-order valence-electron chi connectivity index (χ4n) is 3.84. The van der Waals surface area contributed by atoms with Crippen LogP contribution in [0.2, 0.25) is 5.02 Å². The first-order valence-corrected chi connectivity index (χ1v) is 8.39. The molecule has 2 fully saturated rings. The number of benzene rings is 1. The minimum atomic E-state index is 0.0866. The molecule has 0 spiro atoms. The first-order valence-electron chi connectivity index (χ1n) is 8.02. The highest BCUT2D eigenvalue weighted by molar-refractivity contribution is 6.30. The minimum Gasteiger partial charge on any atom is -0.325 e. The summed E-state index contributed by atoms with van der Waals surface area (Å²) in [7, 11) is 0. The number of likely N-dealkylation sites (tertiary alicyclic amines) is 1. The first kappa shape index (κ1) is 14.9. The Labute approximate surface area is 131 Å². The maximum absolute atomic E-state index is 12.3. The zero-order chi connectivity index (χ0) is 14.7. The molecule has 1 saturated carbocycles. The topological polar surface area (TPSA) is 32.3 Å². The average Bonchev–Trinajstić information content (AvgIpc) is 2.50. The number of hydrogen-bond acceptors (Lipinski definition) is 2. The largest absolute Gasteiger partial charge is 0.325 e. The van der Waals surface area contributed by atoms with Gasteiger partial charge in [-0.15, -0.1) is 0 Å². The van der Waals surface area contributed by atoms with Crippen molar-refractivity contribution in [1.29, 1.82) is 0 Å². The van der Waals surface area contributed by atoms with Gasteiger partial charge < -0.3 is 5.32 Å². The van der Waals surface area contributed by atoms with E-state index in [0.29, 0.717) is 17.6 Å². The molecule has 0 unspecified atom stereocenters. The van der Waals surface area contributed by atoms with Gasteiger partial charge in [-0.3, -0.25) is 9.69 Å². The van der Waals surface area contributed by atoms with E-state index in [-0.39, 0.29) is 5.91 Å². The van der Waals surface area contributed by atoms with Crippen molar-refractivity contribution >= 4 is 23.2 Å². The van der Waals surface area contributed by atoms with Crippen molar-refractivity contribution in [3.8, 4) is 0 Å². The van der Waals surface area contributed by atoms with Crippen LogP contribution in [-0.4, -0.2) is 29.9 Å². The molecule has 4 heteroatoms. The van der Waals surface area contributed by atoms with Crippen LogP contribution in [0.3, 0.4) is 0 Å². The van der Waals surface area contributed by atoms with Gasteiger partial charge in [-0.2, -0.15) is 0 Å². The smallest absolute Gasteiger partial charge is 0.238 e. The molecule has 1 aliphatic carbocycles. The van der Waals surface area contributed by atoms with Crippen molar-refractivity contribution in [3.63, 3.8) is 0 Å². The molecule has 3 rings (SSSR count). The lowest BCUT2D eigenvalue weighted by atomic mass is 9.78. The van der Waals surface area contributed by atoms with Gasteiger partial charge >= 0.3 is 0 Å². The van der Waals surface area contributed by atoms with Crippen LogP contribution in [0.1, 0.15) is 38.5 Å². The number of nitrogens with zero attached hydrogens (tertiary/aromatic N) is 1. The minimum absolute atomic E-state index is 0.0866. The Hall–Kier alpha value is -1.06. The van der Waals surface area contributed by atoms with Gasteiger partial charge in [0.25, 0.3) is 0 Å². The average molecular weight is 307 g/mol. The molecule has 1 heterocycles. The van der Waals surface area contributed by atoms with Crippen molar-refractivity contribution < 1.29 is 4.79 Å². The highest BCUT2D eigenvalue weighted by Gasteiger charge is 2.33. The molecule has 1 aliphatic heterocycles. The molecule has 1 aromatic carbocycles. The summed E-state index contributed by atoms with van der Waals surface area (Å²) in [4.78, 5) is 14.7. The van der Waals surface area contributed by atoms with E-state index >= 15 is 0 Å². The van der Waals surface area contributed by atoms with Crippen LogP contribution >= 0.6 is 11.6 Å². The molecule has 21 heavy (non-hydrogen) atoms. The molecule has 114 valence electrons. The quantitative estimate of drug-likeness (QED) is 0.917. The first-order chi connectivity index (χ1) is 10.2. The van der Waals surface area contributed by atoms with E-state index in [9.17, 15) is 4.79 Å². The summed E-state index contributed by atoms with van der Waals surface area (Å²) in [5.74, 6) is 0.902. The molecule has 0 bridgehead atoms. The van der Waals surface area contributed by atoms with Gasteiger partial charge in [-0.05, 0) is 62.4 Å². The Morgan fingerprint density at radius 3 is 2.67 bits per heavy atom. The number of nitrogens with one attached hydrogen (secondary N) is 1. The van der Waals surface area contributed by atoms with Gasteiger partial charge in [0.05, 0.1) is 6.54 Å². The van der Waals surface area contributed by atoms with E-state index in [1.807, 2.05) is 12.1 Å².